The van der Waals surface area contributed by atoms with E-state index in [1.165, 1.54) is 12.1 Å². The molecule has 2 atom stereocenters. The lowest BCUT2D eigenvalue weighted by Gasteiger charge is -2.28. The minimum absolute atomic E-state index is 0.0296. The van der Waals surface area contributed by atoms with Gasteiger partial charge in [0.25, 0.3) is 0 Å². The van der Waals surface area contributed by atoms with Crippen LogP contribution in [-0.4, -0.2) is 31.3 Å². The zero-order valence-electron chi connectivity index (χ0n) is 9.23. The third-order valence-electron chi connectivity index (χ3n) is 3.26. The molecule has 4 nitrogen and oxygen atoms in total. The number of rotatable bonds is 1. The van der Waals surface area contributed by atoms with Gasteiger partial charge in [-0.1, -0.05) is 6.07 Å². The Morgan fingerprint density at radius 1 is 1.47 bits per heavy atom. The molecule has 0 radical (unpaired) electrons. The Labute approximate surface area is 98.4 Å². The number of piperidine rings is 1. The number of anilines is 1. The van der Waals surface area contributed by atoms with Crippen LogP contribution < -0.4 is 10.2 Å². The highest BCUT2D eigenvalue weighted by atomic mass is 19.1. The van der Waals surface area contributed by atoms with Crippen molar-refractivity contribution in [1.29, 1.82) is 0 Å². The smallest absolute Gasteiger partial charge is 0.415 e. The molecular formula is C12H13FN2O2. The monoisotopic (exact) mass is 236 g/mol. The van der Waals surface area contributed by atoms with Gasteiger partial charge < -0.3 is 10.1 Å². The Morgan fingerprint density at radius 3 is 3.18 bits per heavy atom. The van der Waals surface area contributed by atoms with Crippen molar-refractivity contribution in [3.63, 3.8) is 0 Å². The Kier molecular flexibility index (Phi) is 2.48. The maximum Gasteiger partial charge on any atom is 0.415 e. The second-order valence-electron chi connectivity index (χ2n) is 4.33. The molecule has 17 heavy (non-hydrogen) atoms. The van der Waals surface area contributed by atoms with E-state index in [-0.39, 0.29) is 24.1 Å². The number of ether oxygens (including phenoxy) is 1. The normalized spacial score (nSPS) is 27.8. The van der Waals surface area contributed by atoms with Gasteiger partial charge in [0.2, 0.25) is 0 Å². The van der Waals surface area contributed by atoms with Gasteiger partial charge >= 0.3 is 6.09 Å². The highest BCUT2D eigenvalue weighted by Gasteiger charge is 2.43. The largest absolute Gasteiger partial charge is 0.444 e. The average molecular weight is 236 g/mol. The Balaban J connectivity index is 1.93. The fourth-order valence-corrected chi connectivity index (χ4v) is 2.46. The van der Waals surface area contributed by atoms with Gasteiger partial charge in [-0.2, -0.15) is 0 Å². The second-order valence-corrected chi connectivity index (χ2v) is 4.33. The number of hydrogen-bond acceptors (Lipinski definition) is 3. The molecule has 1 amide bonds. The van der Waals surface area contributed by atoms with E-state index in [1.807, 2.05) is 0 Å². The zero-order valence-corrected chi connectivity index (χ0v) is 9.23. The summed E-state index contributed by atoms with van der Waals surface area (Å²) in [5, 5.41) is 3.22. The van der Waals surface area contributed by atoms with Crippen molar-refractivity contribution in [3.05, 3.63) is 30.1 Å². The predicted molar refractivity (Wildman–Crippen MR) is 60.4 cm³/mol. The molecule has 2 heterocycles. The molecule has 0 bridgehead atoms. The average Bonchev–Trinajstić information content (AvgIpc) is 2.64. The standard InChI is InChI=1S/C12H13FN2O2/c13-8-2-1-3-9(6-8)15-10-7-14-5-4-11(10)17-12(15)16/h1-3,6,10-11,14H,4-5,7H2. The number of carbonyl (C=O) groups is 1. The van der Waals surface area contributed by atoms with Gasteiger partial charge in [0.05, 0.1) is 11.7 Å². The van der Waals surface area contributed by atoms with Crippen LogP contribution >= 0.6 is 0 Å². The van der Waals surface area contributed by atoms with Crippen LogP contribution in [0.2, 0.25) is 0 Å². The lowest BCUT2D eigenvalue weighted by atomic mass is 10.0. The van der Waals surface area contributed by atoms with E-state index in [0.717, 1.165) is 13.0 Å². The summed E-state index contributed by atoms with van der Waals surface area (Å²) in [4.78, 5) is 13.3. The summed E-state index contributed by atoms with van der Waals surface area (Å²) in [5.74, 6) is -0.345. The van der Waals surface area contributed by atoms with Gasteiger partial charge in [-0.3, -0.25) is 4.90 Å². The molecule has 2 aliphatic rings. The van der Waals surface area contributed by atoms with Crippen LogP contribution in [0.1, 0.15) is 6.42 Å². The maximum absolute atomic E-state index is 13.2. The molecule has 3 rings (SSSR count). The van der Waals surface area contributed by atoms with Crippen LogP contribution in [0.5, 0.6) is 0 Å². The molecule has 2 saturated heterocycles. The Morgan fingerprint density at radius 2 is 2.35 bits per heavy atom. The second kappa shape index (κ2) is 4.00. The number of halogens is 1. The van der Waals surface area contributed by atoms with Gasteiger partial charge in [0.15, 0.2) is 0 Å². The summed E-state index contributed by atoms with van der Waals surface area (Å²) >= 11 is 0. The SMILES string of the molecule is O=C1OC2CCNCC2N1c1cccc(F)c1. The molecule has 0 saturated carbocycles. The van der Waals surface area contributed by atoms with Crippen LogP contribution in [-0.2, 0) is 4.74 Å². The first kappa shape index (κ1) is 10.5. The van der Waals surface area contributed by atoms with Crippen molar-refractivity contribution in [2.45, 2.75) is 18.6 Å². The topological polar surface area (TPSA) is 41.6 Å². The number of benzene rings is 1. The van der Waals surface area contributed by atoms with Crippen LogP contribution in [0.4, 0.5) is 14.9 Å². The molecule has 0 spiro atoms. The summed E-state index contributed by atoms with van der Waals surface area (Å²) in [6.45, 7) is 1.54. The van der Waals surface area contributed by atoms with Crippen LogP contribution in [0.25, 0.3) is 0 Å². The molecule has 0 aromatic heterocycles. The van der Waals surface area contributed by atoms with E-state index in [2.05, 4.69) is 5.32 Å². The van der Waals surface area contributed by atoms with Crippen molar-refractivity contribution in [1.82, 2.24) is 5.32 Å². The van der Waals surface area contributed by atoms with E-state index in [1.54, 1.807) is 17.0 Å². The number of nitrogens with one attached hydrogen (secondary N) is 1. The molecule has 2 aliphatic heterocycles. The van der Waals surface area contributed by atoms with Crippen molar-refractivity contribution in [2.75, 3.05) is 18.0 Å². The number of fused-ring (bicyclic) bond motifs is 1. The Bertz CT molecular complexity index is 452. The highest BCUT2D eigenvalue weighted by Crippen LogP contribution is 2.29. The van der Waals surface area contributed by atoms with Crippen molar-refractivity contribution in [2.24, 2.45) is 0 Å². The van der Waals surface area contributed by atoms with E-state index in [9.17, 15) is 9.18 Å². The third-order valence-corrected chi connectivity index (χ3v) is 3.26. The van der Waals surface area contributed by atoms with E-state index < -0.39 is 0 Å². The third kappa shape index (κ3) is 1.76. The highest BCUT2D eigenvalue weighted by molar-refractivity contribution is 5.90. The van der Waals surface area contributed by atoms with E-state index in [4.69, 9.17) is 4.74 Å². The lowest BCUT2D eigenvalue weighted by Crippen LogP contribution is -2.49. The van der Waals surface area contributed by atoms with Crippen LogP contribution in [0, 0.1) is 5.82 Å². The molecular weight excluding hydrogens is 223 g/mol. The van der Waals surface area contributed by atoms with Crippen molar-refractivity contribution in [3.8, 4) is 0 Å². The first-order valence-corrected chi connectivity index (χ1v) is 5.72. The van der Waals surface area contributed by atoms with E-state index >= 15 is 0 Å². The summed E-state index contributed by atoms with van der Waals surface area (Å²) in [6, 6.07) is 6.01. The van der Waals surface area contributed by atoms with Gasteiger partial charge in [-0.15, -0.1) is 0 Å². The first-order chi connectivity index (χ1) is 8.25. The van der Waals surface area contributed by atoms with Gasteiger partial charge in [-0.05, 0) is 31.2 Å². The minimum atomic E-state index is -0.380. The van der Waals surface area contributed by atoms with Crippen molar-refractivity contribution >= 4 is 11.8 Å². The predicted octanol–water partition coefficient (Wildman–Crippen LogP) is 1.51. The van der Waals surface area contributed by atoms with Crippen LogP contribution in [0.15, 0.2) is 24.3 Å². The molecule has 2 fully saturated rings. The van der Waals surface area contributed by atoms with Crippen LogP contribution in [0.3, 0.4) is 0 Å². The maximum atomic E-state index is 13.2. The fourth-order valence-electron chi connectivity index (χ4n) is 2.46. The van der Waals surface area contributed by atoms with Crippen molar-refractivity contribution < 1.29 is 13.9 Å². The summed E-state index contributed by atoms with van der Waals surface area (Å²) in [5.41, 5.74) is 0.561. The molecule has 90 valence electrons. The summed E-state index contributed by atoms with van der Waals surface area (Å²) in [6.07, 6.45) is 0.351. The molecule has 1 aromatic rings. The first-order valence-electron chi connectivity index (χ1n) is 5.72. The number of nitrogens with zero attached hydrogens (tertiary/aromatic N) is 1. The molecule has 1 N–H and O–H groups in total. The van der Waals surface area contributed by atoms with Gasteiger partial charge in [0, 0.05) is 6.54 Å². The molecule has 5 heteroatoms. The lowest BCUT2D eigenvalue weighted by molar-refractivity contribution is 0.117. The zero-order chi connectivity index (χ0) is 11.8. The van der Waals surface area contributed by atoms with E-state index in [0.29, 0.717) is 12.2 Å². The Hall–Kier alpha value is -1.62. The molecule has 0 aliphatic carbocycles. The molecule has 1 aromatic carbocycles. The summed E-state index contributed by atoms with van der Waals surface area (Å²) < 4.78 is 18.5. The number of amides is 1. The number of hydrogen-bond donors (Lipinski definition) is 1. The quantitative estimate of drug-likeness (QED) is 0.803. The van der Waals surface area contributed by atoms with Gasteiger partial charge in [0.1, 0.15) is 11.9 Å². The summed E-state index contributed by atoms with van der Waals surface area (Å²) in [7, 11) is 0. The molecule has 2 unspecified atom stereocenters. The van der Waals surface area contributed by atoms with Gasteiger partial charge in [-0.25, -0.2) is 9.18 Å². The fraction of sp³-hybridized carbons (Fsp3) is 0.417. The minimum Gasteiger partial charge on any atom is -0.444 e. The number of carbonyl (C=O) groups excluding carboxylic acids is 1.